The summed E-state index contributed by atoms with van der Waals surface area (Å²) >= 11 is 0. The predicted octanol–water partition coefficient (Wildman–Crippen LogP) is 4.09. The number of hydrogen-bond acceptors (Lipinski definition) is 6. The van der Waals surface area contributed by atoms with Gasteiger partial charge in [-0.25, -0.2) is 4.79 Å². The van der Waals surface area contributed by atoms with Crippen molar-refractivity contribution in [2.75, 3.05) is 13.7 Å². The van der Waals surface area contributed by atoms with E-state index in [1.165, 1.54) is 12.1 Å². The van der Waals surface area contributed by atoms with Crippen molar-refractivity contribution in [1.82, 2.24) is 0 Å². The molecule has 2 N–H and O–H groups in total. The van der Waals surface area contributed by atoms with Gasteiger partial charge >= 0.3 is 5.97 Å². The molecule has 0 bridgehead atoms. The molecule has 2 aromatic carbocycles. The van der Waals surface area contributed by atoms with E-state index in [1.807, 2.05) is 0 Å². The highest BCUT2D eigenvalue weighted by atomic mass is 16.5. The van der Waals surface area contributed by atoms with E-state index in [1.54, 1.807) is 37.5 Å². The van der Waals surface area contributed by atoms with Crippen molar-refractivity contribution < 1.29 is 28.9 Å². The smallest absolute Gasteiger partial charge is 0.341 e. The number of phenols is 1. The summed E-state index contributed by atoms with van der Waals surface area (Å²) in [5, 5.41) is 19.9. The standard InChI is InChI=1S/C24H22O7/c1-4-6-16-22(28)21-18(25)12-19(14-8-10-15(29-3)11-9-14)31-24(21)17(7-5-2)23(16)30-13-20(26)27/h4-5,8-12,28H,1-2,6-7,13H2,3H3,(H,26,27). The highest BCUT2D eigenvalue weighted by molar-refractivity contribution is 5.91. The van der Waals surface area contributed by atoms with Crippen LogP contribution in [-0.2, 0) is 17.6 Å². The molecule has 0 saturated carbocycles. The summed E-state index contributed by atoms with van der Waals surface area (Å²) in [4.78, 5) is 24.1. The molecule has 0 saturated heterocycles. The Balaban J connectivity index is 2.35. The van der Waals surface area contributed by atoms with E-state index in [9.17, 15) is 14.7 Å². The molecule has 0 radical (unpaired) electrons. The van der Waals surface area contributed by atoms with Crippen molar-refractivity contribution in [3.05, 3.63) is 77.0 Å². The summed E-state index contributed by atoms with van der Waals surface area (Å²) in [6.07, 6.45) is 3.50. The largest absolute Gasteiger partial charge is 0.507 e. The molecular weight excluding hydrogens is 400 g/mol. The summed E-state index contributed by atoms with van der Waals surface area (Å²) in [5.74, 6) is -0.427. The minimum atomic E-state index is -1.18. The second-order valence-corrected chi connectivity index (χ2v) is 6.71. The third-order valence-electron chi connectivity index (χ3n) is 4.70. The number of fused-ring (bicyclic) bond motifs is 1. The lowest BCUT2D eigenvalue weighted by molar-refractivity contribution is -0.139. The zero-order chi connectivity index (χ0) is 22.5. The molecule has 3 aromatic rings. The molecule has 31 heavy (non-hydrogen) atoms. The summed E-state index contributed by atoms with van der Waals surface area (Å²) in [6.45, 7) is 6.77. The maximum atomic E-state index is 13.0. The maximum Gasteiger partial charge on any atom is 0.341 e. The number of aromatic hydroxyl groups is 1. The molecule has 160 valence electrons. The second-order valence-electron chi connectivity index (χ2n) is 6.71. The van der Waals surface area contributed by atoms with E-state index in [0.717, 1.165) is 0 Å². The predicted molar refractivity (Wildman–Crippen MR) is 117 cm³/mol. The fourth-order valence-electron chi connectivity index (χ4n) is 3.34. The topological polar surface area (TPSA) is 106 Å². The van der Waals surface area contributed by atoms with Gasteiger partial charge in [0.1, 0.15) is 34.0 Å². The maximum absolute atomic E-state index is 13.0. The van der Waals surface area contributed by atoms with Crippen molar-refractivity contribution in [3.63, 3.8) is 0 Å². The van der Waals surface area contributed by atoms with Crippen LogP contribution >= 0.6 is 0 Å². The number of ether oxygens (including phenoxy) is 2. The second kappa shape index (κ2) is 9.21. The van der Waals surface area contributed by atoms with Gasteiger partial charge in [0.2, 0.25) is 0 Å². The molecule has 0 aliphatic rings. The Bertz CT molecular complexity index is 1200. The average molecular weight is 422 g/mol. The molecule has 3 rings (SSSR count). The van der Waals surface area contributed by atoms with Gasteiger partial charge in [-0.1, -0.05) is 12.2 Å². The molecule has 0 fully saturated rings. The number of rotatable bonds is 9. The number of benzene rings is 2. The van der Waals surface area contributed by atoms with E-state index in [-0.39, 0.29) is 46.6 Å². The van der Waals surface area contributed by atoms with Crippen LogP contribution in [0.25, 0.3) is 22.3 Å². The number of carboxylic acids is 1. The molecule has 1 aromatic heterocycles. The normalized spacial score (nSPS) is 10.6. The summed E-state index contributed by atoms with van der Waals surface area (Å²) in [7, 11) is 1.55. The van der Waals surface area contributed by atoms with E-state index < -0.39 is 18.0 Å². The van der Waals surface area contributed by atoms with Gasteiger partial charge in [-0.05, 0) is 37.1 Å². The zero-order valence-electron chi connectivity index (χ0n) is 17.0. The van der Waals surface area contributed by atoms with Gasteiger partial charge < -0.3 is 24.1 Å². The zero-order valence-corrected chi connectivity index (χ0v) is 17.0. The highest BCUT2D eigenvalue weighted by Gasteiger charge is 2.24. The minimum Gasteiger partial charge on any atom is -0.507 e. The molecule has 1 heterocycles. The Hall–Kier alpha value is -4.00. The van der Waals surface area contributed by atoms with Gasteiger partial charge in [-0.15, -0.1) is 13.2 Å². The molecule has 7 heteroatoms. The van der Waals surface area contributed by atoms with Gasteiger partial charge in [-0.3, -0.25) is 4.79 Å². The third-order valence-corrected chi connectivity index (χ3v) is 4.70. The first-order chi connectivity index (χ1) is 14.9. The Kier molecular flexibility index (Phi) is 6.45. The summed E-state index contributed by atoms with van der Waals surface area (Å²) in [5.41, 5.74) is 0.999. The fourth-order valence-corrected chi connectivity index (χ4v) is 3.34. The van der Waals surface area contributed by atoms with Crippen LogP contribution in [0.2, 0.25) is 0 Å². The van der Waals surface area contributed by atoms with Gasteiger partial charge in [0.05, 0.1) is 7.11 Å². The number of aliphatic carboxylic acids is 1. The first-order valence-electron chi connectivity index (χ1n) is 9.46. The quantitative estimate of drug-likeness (QED) is 0.500. The number of methoxy groups -OCH3 is 1. The van der Waals surface area contributed by atoms with Gasteiger partial charge in [-0.2, -0.15) is 0 Å². The lowest BCUT2D eigenvalue weighted by Gasteiger charge is -2.18. The Labute approximate surface area is 178 Å². The monoisotopic (exact) mass is 422 g/mol. The first kappa shape index (κ1) is 21.7. The van der Waals surface area contributed by atoms with Crippen LogP contribution in [0, 0.1) is 0 Å². The van der Waals surface area contributed by atoms with Crippen LogP contribution in [0.4, 0.5) is 0 Å². The van der Waals surface area contributed by atoms with Crippen LogP contribution in [-0.4, -0.2) is 29.9 Å². The van der Waals surface area contributed by atoms with Crippen LogP contribution in [0.15, 0.2) is 64.9 Å². The molecule has 0 atom stereocenters. The number of allylic oxidation sites excluding steroid dienone is 2. The first-order valence-corrected chi connectivity index (χ1v) is 9.46. The summed E-state index contributed by atoms with van der Waals surface area (Å²) < 4.78 is 16.7. The van der Waals surface area contributed by atoms with Gasteiger partial charge in [0.15, 0.2) is 12.0 Å². The van der Waals surface area contributed by atoms with Crippen LogP contribution in [0.5, 0.6) is 17.2 Å². The summed E-state index contributed by atoms with van der Waals surface area (Å²) in [6, 6.07) is 8.25. The van der Waals surface area contributed by atoms with Gasteiger partial charge in [0, 0.05) is 22.8 Å². The number of carboxylic acid groups (broad SMARTS) is 1. The van der Waals surface area contributed by atoms with Crippen molar-refractivity contribution in [2.45, 2.75) is 12.8 Å². The number of phenolic OH excluding ortho intramolecular Hbond substituents is 1. The van der Waals surface area contributed by atoms with Crippen LogP contribution in [0.1, 0.15) is 11.1 Å². The average Bonchev–Trinajstić information content (AvgIpc) is 2.76. The lowest BCUT2D eigenvalue weighted by Crippen LogP contribution is -2.13. The molecule has 0 aliphatic carbocycles. The number of hydrogen-bond donors (Lipinski definition) is 2. The Morgan fingerprint density at radius 3 is 2.35 bits per heavy atom. The van der Waals surface area contributed by atoms with Crippen molar-refractivity contribution >= 4 is 16.9 Å². The molecular formula is C24H22O7. The van der Waals surface area contributed by atoms with Crippen LogP contribution in [0.3, 0.4) is 0 Å². The van der Waals surface area contributed by atoms with Gasteiger partial charge in [0.25, 0.3) is 0 Å². The van der Waals surface area contributed by atoms with E-state index in [2.05, 4.69) is 13.2 Å². The van der Waals surface area contributed by atoms with E-state index >= 15 is 0 Å². The minimum absolute atomic E-state index is 0.00589. The molecule has 0 amide bonds. The van der Waals surface area contributed by atoms with Crippen molar-refractivity contribution in [2.24, 2.45) is 0 Å². The van der Waals surface area contributed by atoms with Crippen LogP contribution < -0.4 is 14.9 Å². The Morgan fingerprint density at radius 1 is 1.13 bits per heavy atom. The van der Waals surface area contributed by atoms with E-state index in [0.29, 0.717) is 16.9 Å². The molecule has 0 spiro atoms. The molecule has 7 nitrogen and oxygen atoms in total. The highest BCUT2D eigenvalue weighted by Crippen LogP contribution is 2.41. The van der Waals surface area contributed by atoms with Crippen molar-refractivity contribution in [1.29, 1.82) is 0 Å². The third kappa shape index (κ3) is 4.30. The number of carbonyl (C=O) groups is 1. The van der Waals surface area contributed by atoms with Crippen molar-refractivity contribution in [3.8, 4) is 28.6 Å². The molecule has 0 aliphatic heterocycles. The SMILES string of the molecule is C=CCc1c(OCC(=O)O)c(CC=C)c2oc(-c3ccc(OC)cc3)cc(=O)c2c1O. The lowest BCUT2D eigenvalue weighted by atomic mass is 9.97. The fraction of sp³-hybridized carbons (Fsp3) is 0.167. The Morgan fingerprint density at radius 2 is 1.77 bits per heavy atom. The molecule has 0 unspecified atom stereocenters. The van der Waals surface area contributed by atoms with E-state index in [4.69, 9.17) is 19.0 Å².